The van der Waals surface area contributed by atoms with Crippen LogP contribution in [-0.2, 0) is 0 Å². The zero-order valence-corrected chi connectivity index (χ0v) is 11.7. The molecule has 0 fully saturated rings. The molecule has 1 heterocycles. The number of hydrogen-bond donors (Lipinski definition) is 2. The molecule has 0 aliphatic carbocycles. The van der Waals surface area contributed by atoms with Crippen LogP contribution < -0.4 is 5.43 Å². The summed E-state index contributed by atoms with van der Waals surface area (Å²) in [4.78, 5) is 7.58. The third-order valence-corrected chi connectivity index (χ3v) is 3.04. The standard InChI is InChI=1S/C17H16N4/c1-13(11-12-14-7-3-2-4-8-14)20-21-17-18-15-9-5-6-10-16(15)19-17/h2-12H,1H3,(H2,18,19,21). The summed E-state index contributed by atoms with van der Waals surface area (Å²) in [6.07, 6.45) is 3.99. The summed E-state index contributed by atoms with van der Waals surface area (Å²) in [5.74, 6) is 0.642. The highest BCUT2D eigenvalue weighted by molar-refractivity contribution is 5.96. The third-order valence-electron chi connectivity index (χ3n) is 3.04. The molecule has 0 spiro atoms. The molecule has 0 saturated heterocycles. The molecule has 0 aliphatic heterocycles. The lowest BCUT2D eigenvalue weighted by Gasteiger charge is -1.96. The van der Waals surface area contributed by atoms with Crippen molar-refractivity contribution in [2.75, 3.05) is 5.43 Å². The Morgan fingerprint density at radius 3 is 2.67 bits per heavy atom. The Bertz CT molecular complexity index is 752. The topological polar surface area (TPSA) is 53.1 Å². The second kappa shape index (κ2) is 6.05. The van der Waals surface area contributed by atoms with E-state index in [-0.39, 0.29) is 0 Å². The van der Waals surface area contributed by atoms with Gasteiger partial charge in [0, 0.05) is 0 Å². The van der Waals surface area contributed by atoms with Gasteiger partial charge in [-0.3, -0.25) is 0 Å². The number of nitrogens with zero attached hydrogens (tertiary/aromatic N) is 2. The highest BCUT2D eigenvalue weighted by atomic mass is 15.4. The molecule has 0 unspecified atom stereocenters. The van der Waals surface area contributed by atoms with E-state index >= 15 is 0 Å². The number of benzene rings is 2. The molecule has 104 valence electrons. The van der Waals surface area contributed by atoms with Crippen LogP contribution in [0.15, 0.2) is 65.8 Å². The summed E-state index contributed by atoms with van der Waals surface area (Å²) in [5, 5.41) is 4.29. The largest absolute Gasteiger partial charge is 0.323 e. The van der Waals surface area contributed by atoms with Gasteiger partial charge in [0.05, 0.1) is 16.7 Å². The van der Waals surface area contributed by atoms with E-state index in [2.05, 4.69) is 32.6 Å². The van der Waals surface area contributed by atoms with Crippen LogP contribution in [-0.4, -0.2) is 15.7 Å². The molecule has 1 aromatic heterocycles. The van der Waals surface area contributed by atoms with E-state index < -0.39 is 0 Å². The second-order valence-corrected chi connectivity index (χ2v) is 4.71. The van der Waals surface area contributed by atoms with E-state index in [1.54, 1.807) is 0 Å². The molecule has 4 heteroatoms. The van der Waals surface area contributed by atoms with E-state index in [0.717, 1.165) is 22.3 Å². The first kappa shape index (κ1) is 13.1. The summed E-state index contributed by atoms with van der Waals surface area (Å²) in [5.41, 5.74) is 6.88. The monoisotopic (exact) mass is 276 g/mol. The summed E-state index contributed by atoms with van der Waals surface area (Å²) >= 11 is 0. The van der Waals surface area contributed by atoms with Gasteiger partial charge < -0.3 is 4.98 Å². The van der Waals surface area contributed by atoms with Crippen LogP contribution in [0.4, 0.5) is 5.95 Å². The van der Waals surface area contributed by atoms with Crippen molar-refractivity contribution in [2.24, 2.45) is 5.10 Å². The van der Waals surface area contributed by atoms with Crippen molar-refractivity contribution in [3.8, 4) is 0 Å². The Kier molecular flexibility index (Phi) is 3.78. The molecule has 2 N–H and O–H groups in total. The molecule has 0 aliphatic rings. The average molecular weight is 276 g/mol. The van der Waals surface area contributed by atoms with Crippen molar-refractivity contribution in [1.82, 2.24) is 9.97 Å². The number of allylic oxidation sites excluding steroid dienone is 1. The first-order chi connectivity index (χ1) is 10.3. The Morgan fingerprint density at radius 2 is 1.86 bits per heavy atom. The molecule has 0 radical (unpaired) electrons. The molecule has 0 amide bonds. The molecular weight excluding hydrogens is 260 g/mol. The minimum Gasteiger partial charge on any atom is -0.323 e. The number of nitrogens with one attached hydrogen (secondary N) is 2. The molecule has 3 aromatic rings. The summed E-state index contributed by atoms with van der Waals surface area (Å²) in [6, 6.07) is 18.0. The highest BCUT2D eigenvalue weighted by Gasteiger charge is 1.99. The number of aromatic nitrogens is 2. The Morgan fingerprint density at radius 1 is 1.10 bits per heavy atom. The van der Waals surface area contributed by atoms with Crippen molar-refractivity contribution in [2.45, 2.75) is 6.92 Å². The van der Waals surface area contributed by atoms with Crippen LogP contribution in [0.3, 0.4) is 0 Å². The quantitative estimate of drug-likeness (QED) is 0.557. The maximum Gasteiger partial charge on any atom is 0.222 e. The van der Waals surface area contributed by atoms with Gasteiger partial charge in [-0.2, -0.15) is 5.10 Å². The number of H-pyrrole nitrogens is 1. The van der Waals surface area contributed by atoms with E-state index in [0.29, 0.717) is 5.95 Å². The van der Waals surface area contributed by atoms with E-state index in [4.69, 9.17) is 0 Å². The maximum atomic E-state index is 4.41. The molecule has 2 aromatic carbocycles. The fourth-order valence-electron chi connectivity index (χ4n) is 1.97. The van der Waals surface area contributed by atoms with Crippen LogP contribution in [0.2, 0.25) is 0 Å². The van der Waals surface area contributed by atoms with Gasteiger partial charge in [0.1, 0.15) is 0 Å². The van der Waals surface area contributed by atoms with Gasteiger partial charge in [-0.25, -0.2) is 10.4 Å². The summed E-state index contributed by atoms with van der Waals surface area (Å²) in [6.45, 7) is 1.94. The van der Waals surface area contributed by atoms with Crippen LogP contribution in [0.1, 0.15) is 12.5 Å². The van der Waals surface area contributed by atoms with Crippen LogP contribution in [0, 0.1) is 0 Å². The van der Waals surface area contributed by atoms with Gasteiger partial charge in [0.15, 0.2) is 0 Å². The van der Waals surface area contributed by atoms with E-state index in [1.807, 2.05) is 61.5 Å². The van der Waals surface area contributed by atoms with Gasteiger partial charge in [-0.15, -0.1) is 0 Å². The van der Waals surface area contributed by atoms with Gasteiger partial charge in [-0.05, 0) is 30.7 Å². The van der Waals surface area contributed by atoms with Crippen molar-refractivity contribution < 1.29 is 0 Å². The normalized spacial score (nSPS) is 12.1. The molecule has 0 atom stereocenters. The third kappa shape index (κ3) is 3.36. The molecule has 21 heavy (non-hydrogen) atoms. The fourth-order valence-corrected chi connectivity index (χ4v) is 1.97. The van der Waals surface area contributed by atoms with Crippen molar-refractivity contribution in [1.29, 1.82) is 0 Å². The number of imidazole rings is 1. The van der Waals surface area contributed by atoms with Crippen LogP contribution >= 0.6 is 0 Å². The maximum absolute atomic E-state index is 4.41. The molecule has 0 saturated carbocycles. The minimum atomic E-state index is 0.642. The average Bonchev–Trinajstić information content (AvgIpc) is 2.95. The SMILES string of the molecule is CC(C=Cc1ccccc1)=NNc1nc2ccccc2[nH]1. The smallest absolute Gasteiger partial charge is 0.222 e. The summed E-state index contributed by atoms with van der Waals surface area (Å²) < 4.78 is 0. The van der Waals surface area contributed by atoms with Crippen molar-refractivity contribution >= 4 is 28.8 Å². The minimum absolute atomic E-state index is 0.642. The fraction of sp³-hybridized carbons (Fsp3) is 0.0588. The van der Waals surface area contributed by atoms with Crippen LogP contribution in [0.5, 0.6) is 0 Å². The van der Waals surface area contributed by atoms with Gasteiger partial charge in [-0.1, -0.05) is 48.5 Å². The number of aromatic amines is 1. The van der Waals surface area contributed by atoms with Gasteiger partial charge >= 0.3 is 0 Å². The zero-order valence-electron chi connectivity index (χ0n) is 11.7. The number of hydrazone groups is 1. The van der Waals surface area contributed by atoms with Gasteiger partial charge in [0.2, 0.25) is 5.95 Å². The van der Waals surface area contributed by atoms with E-state index in [9.17, 15) is 0 Å². The summed E-state index contributed by atoms with van der Waals surface area (Å²) in [7, 11) is 0. The predicted molar refractivity (Wildman–Crippen MR) is 88.3 cm³/mol. The van der Waals surface area contributed by atoms with E-state index in [1.165, 1.54) is 0 Å². The first-order valence-corrected chi connectivity index (χ1v) is 6.79. The Balaban J connectivity index is 1.69. The lowest BCUT2D eigenvalue weighted by Crippen LogP contribution is -1.95. The number of fused-ring (bicyclic) bond motifs is 1. The van der Waals surface area contributed by atoms with Crippen molar-refractivity contribution in [3.63, 3.8) is 0 Å². The lowest BCUT2D eigenvalue weighted by atomic mass is 10.2. The first-order valence-electron chi connectivity index (χ1n) is 6.79. The Labute approximate surface area is 123 Å². The molecule has 4 nitrogen and oxygen atoms in total. The second-order valence-electron chi connectivity index (χ2n) is 4.71. The Hall–Kier alpha value is -2.88. The lowest BCUT2D eigenvalue weighted by molar-refractivity contribution is 1.21. The van der Waals surface area contributed by atoms with Crippen LogP contribution in [0.25, 0.3) is 17.1 Å². The predicted octanol–water partition coefficient (Wildman–Crippen LogP) is 4.06. The number of anilines is 1. The molecular formula is C17H16N4. The molecule has 3 rings (SSSR count). The molecule has 0 bridgehead atoms. The van der Waals surface area contributed by atoms with Gasteiger partial charge in [0.25, 0.3) is 0 Å². The number of para-hydroxylation sites is 2. The number of rotatable bonds is 4. The highest BCUT2D eigenvalue weighted by Crippen LogP contribution is 2.13. The number of hydrogen-bond acceptors (Lipinski definition) is 3. The zero-order chi connectivity index (χ0) is 14.5. The van der Waals surface area contributed by atoms with Crippen molar-refractivity contribution in [3.05, 3.63) is 66.2 Å².